The fourth-order valence-corrected chi connectivity index (χ4v) is 6.05. The van der Waals surface area contributed by atoms with Gasteiger partial charge < -0.3 is 20.2 Å². The molecule has 0 radical (unpaired) electrons. The first-order chi connectivity index (χ1) is 17.9. The minimum absolute atomic E-state index is 0.161. The Bertz CT molecular complexity index is 1300. The number of aliphatic hydroxyl groups excluding tert-OH is 1. The summed E-state index contributed by atoms with van der Waals surface area (Å²) >= 11 is 6.72. The second kappa shape index (κ2) is 10.2. The Morgan fingerprint density at radius 3 is 2.68 bits per heavy atom. The first-order valence-corrected chi connectivity index (χ1v) is 13.8. The van der Waals surface area contributed by atoms with Crippen LogP contribution in [0.1, 0.15) is 61.7 Å². The Balaban J connectivity index is 1.10. The quantitative estimate of drug-likeness (QED) is 0.460. The van der Waals surface area contributed by atoms with Crippen molar-refractivity contribution in [1.29, 1.82) is 0 Å². The molecule has 1 aliphatic carbocycles. The van der Waals surface area contributed by atoms with Gasteiger partial charge in [0.15, 0.2) is 0 Å². The van der Waals surface area contributed by atoms with Crippen LogP contribution in [0.3, 0.4) is 0 Å². The molecule has 3 aliphatic rings. The number of rotatable bonds is 8. The Morgan fingerprint density at radius 2 is 1.95 bits per heavy atom. The van der Waals surface area contributed by atoms with Gasteiger partial charge in [0.2, 0.25) is 11.9 Å². The van der Waals surface area contributed by atoms with Gasteiger partial charge in [-0.15, -0.1) is 0 Å². The van der Waals surface area contributed by atoms with Crippen molar-refractivity contribution in [2.24, 2.45) is 0 Å². The number of nitrogens with zero attached hydrogens (tertiary/aromatic N) is 6. The van der Waals surface area contributed by atoms with E-state index >= 15 is 0 Å². The van der Waals surface area contributed by atoms with Crippen molar-refractivity contribution in [1.82, 2.24) is 29.5 Å². The number of aromatic nitrogens is 4. The van der Waals surface area contributed by atoms with E-state index in [-0.39, 0.29) is 5.91 Å². The first kappa shape index (κ1) is 24.6. The molecule has 0 bridgehead atoms. The fraction of sp³-hybridized carbons (Fsp3) is 0.556. The number of carbonyl (C=O) groups is 1. The number of β-amino-alcohol motifs (C(OH)–C–C–N with tert-alkyl or cyclic N) is 1. The molecule has 1 amide bonds. The first-order valence-electron chi connectivity index (χ1n) is 13.4. The topological polar surface area (TPSA) is 99.4 Å². The van der Waals surface area contributed by atoms with Crippen molar-refractivity contribution in [2.45, 2.75) is 63.5 Å². The van der Waals surface area contributed by atoms with Gasteiger partial charge in [0, 0.05) is 42.7 Å². The highest BCUT2D eigenvalue weighted by Crippen LogP contribution is 2.37. The van der Waals surface area contributed by atoms with Crippen LogP contribution < -0.4 is 5.32 Å². The number of fused-ring (bicyclic) bond motifs is 1. The third kappa shape index (κ3) is 5.30. The maximum Gasteiger partial charge on any atom is 0.227 e. The Morgan fingerprint density at radius 1 is 1.14 bits per heavy atom. The van der Waals surface area contributed by atoms with E-state index in [1.165, 1.54) is 12.8 Å². The van der Waals surface area contributed by atoms with Crippen LogP contribution >= 0.6 is 11.6 Å². The molecule has 196 valence electrons. The standard InChI is InChI=1S/C27H34ClN7O2/c1-17-25(14-30-35(17)20-4-5-20)32-27-29-13-19-11-23(28)22(12-24(19)31-27)18-6-9-33(10-7-18)15-21(36)16-34-8-2-3-26(34)37/h11-14,18,20-21,36H,2-10,15-16H2,1H3,(H,29,31,32)/t21-/m0/s1. The van der Waals surface area contributed by atoms with E-state index in [1.807, 2.05) is 18.5 Å². The van der Waals surface area contributed by atoms with E-state index < -0.39 is 6.10 Å². The highest BCUT2D eigenvalue weighted by molar-refractivity contribution is 6.32. The van der Waals surface area contributed by atoms with Crippen molar-refractivity contribution in [3.05, 3.63) is 40.8 Å². The number of amides is 1. The van der Waals surface area contributed by atoms with Gasteiger partial charge in [-0.3, -0.25) is 9.48 Å². The molecule has 4 heterocycles. The molecular formula is C27H34ClN7O2. The number of likely N-dealkylation sites (tertiary alicyclic amines) is 2. The van der Waals surface area contributed by atoms with Gasteiger partial charge in [-0.1, -0.05) is 11.6 Å². The average Bonchev–Trinajstić information content (AvgIpc) is 3.56. The van der Waals surface area contributed by atoms with Gasteiger partial charge >= 0.3 is 0 Å². The number of benzene rings is 1. The molecule has 37 heavy (non-hydrogen) atoms. The lowest BCUT2D eigenvalue weighted by Crippen LogP contribution is -2.43. The summed E-state index contributed by atoms with van der Waals surface area (Å²) in [6.07, 6.45) is 8.99. The zero-order valence-corrected chi connectivity index (χ0v) is 22.0. The number of hydrogen-bond acceptors (Lipinski definition) is 7. The monoisotopic (exact) mass is 523 g/mol. The van der Waals surface area contributed by atoms with Gasteiger partial charge in [-0.25, -0.2) is 9.97 Å². The van der Waals surface area contributed by atoms with Crippen LogP contribution in [0.4, 0.5) is 11.6 Å². The summed E-state index contributed by atoms with van der Waals surface area (Å²) < 4.78 is 2.08. The van der Waals surface area contributed by atoms with E-state index in [2.05, 4.69) is 38.0 Å². The van der Waals surface area contributed by atoms with E-state index in [1.54, 1.807) is 4.90 Å². The minimum Gasteiger partial charge on any atom is -0.390 e. The van der Waals surface area contributed by atoms with Gasteiger partial charge in [-0.2, -0.15) is 5.10 Å². The zero-order chi connectivity index (χ0) is 25.5. The van der Waals surface area contributed by atoms with Crippen LogP contribution in [0.15, 0.2) is 24.5 Å². The smallest absolute Gasteiger partial charge is 0.227 e. The predicted octanol–water partition coefficient (Wildman–Crippen LogP) is 4.03. The molecule has 3 fully saturated rings. The molecule has 0 spiro atoms. The van der Waals surface area contributed by atoms with Crippen LogP contribution in [0.25, 0.3) is 10.9 Å². The zero-order valence-electron chi connectivity index (χ0n) is 21.2. The van der Waals surface area contributed by atoms with E-state index in [4.69, 9.17) is 16.6 Å². The molecule has 1 saturated carbocycles. The molecule has 2 aromatic heterocycles. The van der Waals surface area contributed by atoms with Gasteiger partial charge in [0.1, 0.15) is 0 Å². The van der Waals surface area contributed by atoms with Crippen molar-refractivity contribution >= 4 is 40.0 Å². The van der Waals surface area contributed by atoms with Gasteiger partial charge in [0.05, 0.1) is 35.2 Å². The summed E-state index contributed by atoms with van der Waals surface area (Å²) in [4.78, 5) is 25.2. The van der Waals surface area contributed by atoms with Crippen molar-refractivity contribution in [2.75, 3.05) is 38.0 Å². The second-order valence-electron chi connectivity index (χ2n) is 10.7. The van der Waals surface area contributed by atoms with Crippen LogP contribution in [0.2, 0.25) is 5.02 Å². The van der Waals surface area contributed by atoms with E-state index in [0.29, 0.717) is 37.4 Å². The molecule has 9 nitrogen and oxygen atoms in total. The largest absolute Gasteiger partial charge is 0.390 e. The Labute approximate surface area is 221 Å². The SMILES string of the molecule is Cc1c(Nc2ncc3cc(Cl)c(C4CCN(C[C@H](O)CN5CCCC5=O)CC4)cc3n2)cnn1C1CC1. The normalized spacial score (nSPS) is 20.2. The summed E-state index contributed by atoms with van der Waals surface area (Å²) in [5.41, 5.74) is 4.03. The number of piperidine rings is 1. The number of nitrogens with one attached hydrogen (secondary N) is 1. The molecule has 2 N–H and O–H groups in total. The second-order valence-corrected chi connectivity index (χ2v) is 11.1. The van der Waals surface area contributed by atoms with E-state index in [0.717, 1.165) is 71.8 Å². The van der Waals surface area contributed by atoms with Crippen LogP contribution in [0, 0.1) is 6.92 Å². The van der Waals surface area contributed by atoms with Crippen molar-refractivity contribution in [3.8, 4) is 0 Å². The Kier molecular flexibility index (Phi) is 6.77. The molecular weight excluding hydrogens is 490 g/mol. The summed E-state index contributed by atoms with van der Waals surface area (Å²) in [7, 11) is 0. The van der Waals surface area contributed by atoms with E-state index in [9.17, 15) is 9.90 Å². The summed E-state index contributed by atoms with van der Waals surface area (Å²) in [5, 5.41) is 20.1. The molecule has 3 aromatic rings. The molecule has 0 unspecified atom stereocenters. The maximum absolute atomic E-state index is 11.9. The van der Waals surface area contributed by atoms with Crippen molar-refractivity contribution in [3.63, 3.8) is 0 Å². The van der Waals surface area contributed by atoms with Crippen LogP contribution in [-0.2, 0) is 4.79 Å². The Hall–Kier alpha value is -2.75. The molecule has 2 aliphatic heterocycles. The maximum atomic E-state index is 11.9. The molecule has 2 saturated heterocycles. The van der Waals surface area contributed by atoms with Crippen molar-refractivity contribution < 1.29 is 9.90 Å². The number of aliphatic hydroxyl groups is 1. The third-order valence-corrected chi connectivity index (χ3v) is 8.31. The van der Waals surface area contributed by atoms with Gasteiger partial charge in [0.25, 0.3) is 0 Å². The fourth-order valence-electron chi connectivity index (χ4n) is 5.73. The minimum atomic E-state index is -0.509. The van der Waals surface area contributed by atoms with Crippen LogP contribution in [-0.4, -0.2) is 79.4 Å². The average molecular weight is 524 g/mol. The third-order valence-electron chi connectivity index (χ3n) is 7.98. The lowest BCUT2D eigenvalue weighted by Gasteiger charge is -2.34. The number of halogens is 1. The molecule has 1 aromatic carbocycles. The number of carbonyl (C=O) groups excluding carboxylic acids is 1. The molecule has 10 heteroatoms. The lowest BCUT2D eigenvalue weighted by atomic mass is 9.88. The summed E-state index contributed by atoms with van der Waals surface area (Å²) in [6.45, 7) is 5.66. The summed E-state index contributed by atoms with van der Waals surface area (Å²) in [5.74, 6) is 1.06. The lowest BCUT2D eigenvalue weighted by molar-refractivity contribution is -0.129. The molecule has 6 rings (SSSR count). The number of anilines is 2. The highest BCUT2D eigenvalue weighted by Gasteiger charge is 2.28. The highest BCUT2D eigenvalue weighted by atomic mass is 35.5. The van der Waals surface area contributed by atoms with Gasteiger partial charge in [-0.05, 0) is 75.7 Å². The molecule has 1 atom stereocenters. The van der Waals surface area contributed by atoms with Crippen LogP contribution in [0.5, 0.6) is 0 Å². The number of hydrogen-bond donors (Lipinski definition) is 2. The summed E-state index contributed by atoms with van der Waals surface area (Å²) in [6, 6.07) is 4.61. The predicted molar refractivity (Wildman–Crippen MR) is 143 cm³/mol.